The van der Waals surface area contributed by atoms with Crippen LogP contribution in [0, 0.1) is 12.3 Å². The molecule has 0 saturated carbocycles. The van der Waals surface area contributed by atoms with Crippen molar-refractivity contribution < 1.29 is 14.6 Å². The molecule has 1 N–H and O–H groups in total. The molecule has 4 heteroatoms. The van der Waals surface area contributed by atoms with Crippen molar-refractivity contribution >= 4 is 18.6 Å². The van der Waals surface area contributed by atoms with Gasteiger partial charge < -0.3 is 9.84 Å². The summed E-state index contributed by atoms with van der Waals surface area (Å²) in [7, 11) is 0. The van der Waals surface area contributed by atoms with E-state index in [1.54, 1.807) is 0 Å². The van der Waals surface area contributed by atoms with Crippen LogP contribution in [-0.4, -0.2) is 23.8 Å². The summed E-state index contributed by atoms with van der Waals surface area (Å²) in [5, 5.41) is 10.3. The fourth-order valence-electron chi connectivity index (χ4n) is 4.23. The summed E-state index contributed by atoms with van der Waals surface area (Å²) in [4.78, 5) is 12.8. The summed E-state index contributed by atoms with van der Waals surface area (Å²) in [6.07, 6.45) is 8.70. The van der Waals surface area contributed by atoms with E-state index in [1.807, 2.05) is 6.92 Å². The van der Waals surface area contributed by atoms with Gasteiger partial charge in [-0.05, 0) is 86.0 Å². The van der Waals surface area contributed by atoms with Gasteiger partial charge in [0.15, 0.2) is 0 Å². The molecule has 0 amide bonds. The Hall–Kier alpha value is -1.52. The van der Waals surface area contributed by atoms with Crippen molar-refractivity contribution in [3.8, 4) is 0 Å². The van der Waals surface area contributed by atoms with Gasteiger partial charge in [0, 0.05) is 11.8 Å². The van der Waals surface area contributed by atoms with Crippen molar-refractivity contribution in [1.29, 1.82) is 0 Å². The maximum atomic E-state index is 11.7. The minimum absolute atomic E-state index is 0.0911. The van der Waals surface area contributed by atoms with E-state index in [-0.39, 0.29) is 22.9 Å². The Balaban J connectivity index is 3.07. The summed E-state index contributed by atoms with van der Waals surface area (Å²) in [6.45, 7) is 17.1. The molecule has 186 valence electrons. The Kier molecular flexibility index (Phi) is 12.0. The largest absolute Gasteiger partial charge is 0.466 e. The molecule has 0 bridgehead atoms. The average molecular weight is 475 g/mol. The van der Waals surface area contributed by atoms with Gasteiger partial charge >= 0.3 is 5.97 Å². The Bertz CT molecular complexity index is 826. The molecule has 0 radical (unpaired) electrons. The normalized spacial score (nSPS) is 14.4. The third kappa shape index (κ3) is 8.64. The third-order valence-electron chi connectivity index (χ3n) is 6.77. The first-order valence-corrected chi connectivity index (χ1v) is 12.9. The quantitative estimate of drug-likeness (QED) is 0.187. The maximum absolute atomic E-state index is 11.7. The molecule has 0 heterocycles. The molecule has 1 rings (SSSR count). The van der Waals surface area contributed by atoms with Gasteiger partial charge in [0.2, 0.25) is 0 Å². The predicted molar refractivity (Wildman–Crippen MR) is 144 cm³/mol. The zero-order valence-electron chi connectivity index (χ0n) is 22.1. The molecule has 1 aromatic rings. The van der Waals surface area contributed by atoms with Gasteiger partial charge in [-0.2, -0.15) is 0 Å². The first-order chi connectivity index (χ1) is 15.4. The van der Waals surface area contributed by atoms with Gasteiger partial charge in [-0.15, -0.1) is 12.6 Å². The molecule has 1 atom stereocenters. The Labute approximate surface area is 208 Å². The molecule has 0 saturated heterocycles. The number of thiol groups is 1. The van der Waals surface area contributed by atoms with Crippen molar-refractivity contribution in [2.75, 3.05) is 6.61 Å². The number of aliphatic hydroxyl groups excluding tert-OH is 1. The van der Waals surface area contributed by atoms with Crippen LogP contribution in [0.3, 0.4) is 0 Å². The van der Waals surface area contributed by atoms with E-state index in [2.05, 4.69) is 78.8 Å². The van der Waals surface area contributed by atoms with Crippen LogP contribution in [0.25, 0.3) is 0 Å². The van der Waals surface area contributed by atoms with Crippen LogP contribution in [0.2, 0.25) is 0 Å². The van der Waals surface area contributed by atoms with E-state index in [0.717, 1.165) is 30.6 Å². The fourth-order valence-corrected chi connectivity index (χ4v) is 4.88. The van der Waals surface area contributed by atoms with E-state index in [0.29, 0.717) is 19.4 Å². The highest BCUT2D eigenvalue weighted by Crippen LogP contribution is 2.42. The molecule has 0 aliphatic heterocycles. The standard InChI is InChI=1S/C29H46O3S/c1-9-29(10-2,26(33)19-21(4)13-12-14-25(30)28(6,7)8)24-17-15-23(22(5)20-24)16-18-27(31)32-11-3/h13,15,17,19-20,25,30,33H,9-12,14,16,18H2,1-8H3/b21-13+,26-19-. The number of aryl methyl sites for hydroxylation is 2. The van der Waals surface area contributed by atoms with Gasteiger partial charge in [-0.1, -0.05) is 64.5 Å². The lowest BCUT2D eigenvalue weighted by Crippen LogP contribution is -2.25. The molecule has 33 heavy (non-hydrogen) atoms. The lowest BCUT2D eigenvalue weighted by Gasteiger charge is -2.34. The third-order valence-corrected chi connectivity index (χ3v) is 7.32. The van der Waals surface area contributed by atoms with Crippen molar-refractivity contribution in [2.45, 2.75) is 105 Å². The van der Waals surface area contributed by atoms with Gasteiger partial charge in [0.1, 0.15) is 0 Å². The number of esters is 1. The van der Waals surface area contributed by atoms with Crippen molar-refractivity contribution in [1.82, 2.24) is 0 Å². The number of carbonyl (C=O) groups is 1. The molecular weight excluding hydrogens is 428 g/mol. The van der Waals surface area contributed by atoms with Crippen LogP contribution in [0.15, 0.2) is 40.8 Å². The molecule has 3 nitrogen and oxygen atoms in total. The van der Waals surface area contributed by atoms with Crippen molar-refractivity contribution in [3.05, 3.63) is 57.5 Å². The number of hydrogen-bond donors (Lipinski definition) is 2. The van der Waals surface area contributed by atoms with Crippen LogP contribution in [0.4, 0.5) is 0 Å². The van der Waals surface area contributed by atoms with Crippen LogP contribution >= 0.6 is 12.6 Å². The Morgan fingerprint density at radius 3 is 2.33 bits per heavy atom. The number of carbonyl (C=O) groups excluding carboxylic acids is 1. The van der Waals surface area contributed by atoms with Gasteiger partial charge in [-0.25, -0.2) is 0 Å². The minimum Gasteiger partial charge on any atom is -0.466 e. The van der Waals surface area contributed by atoms with E-state index in [1.165, 1.54) is 22.3 Å². The SMILES string of the molecule is CCOC(=O)CCc1ccc(C(CC)(CC)/C(S)=C/C(C)=C/CCC(O)C(C)(C)C)cc1C. The monoisotopic (exact) mass is 474 g/mol. The summed E-state index contributed by atoms with van der Waals surface area (Å²) in [6, 6.07) is 6.61. The van der Waals surface area contributed by atoms with E-state index < -0.39 is 0 Å². The average Bonchev–Trinajstić information content (AvgIpc) is 2.73. The molecule has 0 fully saturated rings. The van der Waals surface area contributed by atoms with E-state index in [4.69, 9.17) is 17.4 Å². The van der Waals surface area contributed by atoms with Gasteiger partial charge in [0.05, 0.1) is 12.7 Å². The topological polar surface area (TPSA) is 46.5 Å². The fraction of sp³-hybridized carbons (Fsp3) is 0.621. The second kappa shape index (κ2) is 13.4. The molecule has 0 aliphatic carbocycles. The smallest absolute Gasteiger partial charge is 0.306 e. The number of hydrogen-bond acceptors (Lipinski definition) is 4. The Morgan fingerprint density at radius 1 is 1.18 bits per heavy atom. The molecule has 0 aromatic heterocycles. The number of rotatable bonds is 12. The molecule has 0 spiro atoms. The number of benzene rings is 1. The first kappa shape index (κ1) is 29.5. The van der Waals surface area contributed by atoms with E-state index in [9.17, 15) is 9.90 Å². The molecule has 1 unspecified atom stereocenters. The van der Waals surface area contributed by atoms with Crippen LogP contribution in [0.5, 0.6) is 0 Å². The highest BCUT2D eigenvalue weighted by molar-refractivity contribution is 7.84. The molecule has 0 aliphatic rings. The first-order valence-electron chi connectivity index (χ1n) is 12.4. The lowest BCUT2D eigenvalue weighted by atomic mass is 9.74. The summed E-state index contributed by atoms with van der Waals surface area (Å²) >= 11 is 4.99. The summed E-state index contributed by atoms with van der Waals surface area (Å²) in [5.41, 5.74) is 4.59. The highest BCUT2D eigenvalue weighted by Gasteiger charge is 2.31. The van der Waals surface area contributed by atoms with Crippen LogP contribution in [0.1, 0.15) is 97.3 Å². The van der Waals surface area contributed by atoms with Crippen molar-refractivity contribution in [2.24, 2.45) is 5.41 Å². The summed E-state index contributed by atoms with van der Waals surface area (Å²) < 4.78 is 5.07. The second-order valence-corrected chi connectivity index (χ2v) is 10.7. The number of allylic oxidation sites excluding steroid dienone is 4. The maximum Gasteiger partial charge on any atom is 0.306 e. The number of aliphatic hydroxyl groups is 1. The van der Waals surface area contributed by atoms with Gasteiger partial charge in [0.25, 0.3) is 0 Å². The molecular formula is C29H46O3S. The Morgan fingerprint density at radius 2 is 1.82 bits per heavy atom. The van der Waals surface area contributed by atoms with Crippen molar-refractivity contribution in [3.63, 3.8) is 0 Å². The lowest BCUT2D eigenvalue weighted by molar-refractivity contribution is -0.143. The highest BCUT2D eigenvalue weighted by atomic mass is 32.1. The van der Waals surface area contributed by atoms with E-state index >= 15 is 0 Å². The zero-order chi connectivity index (χ0) is 25.2. The van der Waals surface area contributed by atoms with Gasteiger partial charge in [-0.3, -0.25) is 4.79 Å². The number of ether oxygens (including phenoxy) is 1. The molecule has 1 aromatic carbocycles. The zero-order valence-corrected chi connectivity index (χ0v) is 23.0. The van der Waals surface area contributed by atoms with Crippen LogP contribution < -0.4 is 0 Å². The second-order valence-electron chi connectivity index (χ2n) is 10.2. The van der Waals surface area contributed by atoms with Crippen LogP contribution in [-0.2, 0) is 21.4 Å². The predicted octanol–water partition coefficient (Wildman–Crippen LogP) is 7.50. The minimum atomic E-state index is -0.309. The summed E-state index contributed by atoms with van der Waals surface area (Å²) in [5.74, 6) is -0.143.